The molecule has 0 amide bonds. The largest absolute Gasteiger partial charge is 0.508 e. The van der Waals surface area contributed by atoms with Crippen molar-refractivity contribution < 1.29 is 5.11 Å². The lowest BCUT2D eigenvalue weighted by Gasteiger charge is -2.27. The molecule has 3 heteroatoms. The lowest BCUT2D eigenvalue weighted by atomic mass is 9.87. The van der Waals surface area contributed by atoms with Gasteiger partial charge in [-0.3, -0.25) is 0 Å². The van der Waals surface area contributed by atoms with Gasteiger partial charge < -0.3 is 10.4 Å². The summed E-state index contributed by atoms with van der Waals surface area (Å²) in [5, 5.41) is 13.9. The molecule has 1 aliphatic rings. The summed E-state index contributed by atoms with van der Waals surface area (Å²) in [6.45, 7) is 2.96. The molecule has 0 radical (unpaired) electrons. The van der Waals surface area contributed by atoms with Crippen LogP contribution in [0.1, 0.15) is 38.2 Å². The van der Waals surface area contributed by atoms with Gasteiger partial charge in [-0.05, 0) is 30.9 Å². The molecule has 0 bridgehead atoms. The van der Waals surface area contributed by atoms with Crippen molar-refractivity contribution in [1.82, 2.24) is 5.32 Å². The summed E-state index contributed by atoms with van der Waals surface area (Å²) in [5.74, 6) is 1.09. The number of phenols is 1. The van der Waals surface area contributed by atoms with E-state index in [1.165, 1.54) is 25.7 Å². The minimum absolute atomic E-state index is 0.286. The van der Waals surface area contributed by atoms with Gasteiger partial charge in [-0.1, -0.05) is 37.4 Å². The van der Waals surface area contributed by atoms with Crippen molar-refractivity contribution in [3.05, 3.63) is 28.8 Å². The molecule has 1 fully saturated rings. The second kappa shape index (κ2) is 5.74. The Kier molecular flexibility index (Phi) is 4.30. The van der Waals surface area contributed by atoms with Gasteiger partial charge in [-0.2, -0.15) is 0 Å². The molecule has 94 valence electrons. The Hall–Kier alpha value is -0.730. The first-order valence-electron chi connectivity index (χ1n) is 6.36. The molecule has 0 spiro atoms. The average Bonchev–Trinajstić information content (AvgIpc) is 2.28. The van der Waals surface area contributed by atoms with Crippen LogP contribution in [0.15, 0.2) is 18.2 Å². The molecular formula is C14H20ClNO. The van der Waals surface area contributed by atoms with Crippen molar-refractivity contribution in [3.63, 3.8) is 0 Å². The summed E-state index contributed by atoms with van der Waals surface area (Å²) in [6.07, 6.45) is 5.10. The fourth-order valence-corrected chi connectivity index (χ4v) is 2.82. The third-order valence-corrected chi connectivity index (χ3v) is 3.95. The van der Waals surface area contributed by atoms with Crippen LogP contribution in [0.2, 0.25) is 5.02 Å². The van der Waals surface area contributed by atoms with E-state index in [0.717, 1.165) is 11.5 Å². The smallest absolute Gasteiger partial charge is 0.121 e. The molecule has 1 aliphatic carbocycles. The highest BCUT2D eigenvalue weighted by molar-refractivity contribution is 6.31. The Balaban J connectivity index is 1.93. The van der Waals surface area contributed by atoms with E-state index in [1.807, 2.05) is 6.07 Å². The molecule has 0 aromatic heterocycles. The van der Waals surface area contributed by atoms with Crippen molar-refractivity contribution in [3.8, 4) is 5.75 Å². The van der Waals surface area contributed by atoms with Gasteiger partial charge in [0.25, 0.3) is 0 Å². The first-order chi connectivity index (χ1) is 8.16. The number of benzene rings is 1. The predicted molar refractivity (Wildman–Crippen MR) is 71.4 cm³/mol. The number of phenolic OH excluding ortho intramolecular Hbond substituents is 1. The van der Waals surface area contributed by atoms with Crippen LogP contribution in [-0.2, 0) is 6.54 Å². The Morgan fingerprint density at radius 1 is 1.41 bits per heavy atom. The van der Waals surface area contributed by atoms with Crippen LogP contribution in [0.3, 0.4) is 0 Å². The van der Waals surface area contributed by atoms with Crippen molar-refractivity contribution in [2.45, 2.75) is 45.2 Å². The van der Waals surface area contributed by atoms with Crippen LogP contribution in [-0.4, -0.2) is 11.1 Å². The van der Waals surface area contributed by atoms with Gasteiger partial charge in [0.05, 0.1) is 0 Å². The van der Waals surface area contributed by atoms with Crippen LogP contribution in [0.5, 0.6) is 5.75 Å². The van der Waals surface area contributed by atoms with Gasteiger partial charge in [-0.25, -0.2) is 0 Å². The Morgan fingerprint density at radius 2 is 2.24 bits per heavy atom. The monoisotopic (exact) mass is 253 g/mol. The average molecular weight is 254 g/mol. The maximum Gasteiger partial charge on any atom is 0.121 e. The Bertz CT molecular complexity index is 360. The number of hydrogen-bond acceptors (Lipinski definition) is 2. The molecule has 0 saturated heterocycles. The summed E-state index contributed by atoms with van der Waals surface area (Å²) >= 11 is 6.08. The van der Waals surface area contributed by atoms with Crippen molar-refractivity contribution >= 4 is 11.6 Å². The van der Waals surface area contributed by atoms with Crippen LogP contribution < -0.4 is 5.32 Å². The molecule has 2 N–H and O–H groups in total. The normalized spacial score (nSPS) is 24.8. The third-order valence-electron chi connectivity index (χ3n) is 3.60. The topological polar surface area (TPSA) is 32.3 Å². The quantitative estimate of drug-likeness (QED) is 0.861. The first-order valence-corrected chi connectivity index (χ1v) is 6.74. The van der Waals surface area contributed by atoms with Gasteiger partial charge in [0.2, 0.25) is 0 Å². The van der Waals surface area contributed by atoms with Gasteiger partial charge in [-0.15, -0.1) is 0 Å². The SMILES string of the molecule is CC1CCCC(NCc2c(O)cccc2Cl)C1. The van der Waals surface area contributed by atoms with Crippen molar-refractivity contribution in [2.75, 3.05) is 0 Å². The number of halogens is 1. The predicted octanol–water partition coefficient (Wildman–Crippen LogP) is 3.71. The maximum absolute atomic E-state index is 9.75. The highest BCUT2D eigenvalue weighted by Crippen LogP contribution is 2.27. The third kappa shape index (κ3) is 3.36. The van der Waals surface area contributed by atoms with Crippen LogP contribution in [0.4, 0.5) is 0 Å². The molecule has 2 unspecified atom stereocenters. The minimum atomic E-state index is 0.286. The van der Waals surface area contributed by atoms with E-state index < -0.39 is 0 Å². The standard InChI is InChI=1S/C14H20ClNO/c1-10-4-2-5-11(8-10)16-9-12-13(15)6-3-7-14(12)17/h3,6-7,10-11,16-17H,2,4-5,8-9H2,1H3. The Labute approximate surface area is 108 Å². The van der Waals surface area contributed by atoms with E-state index >= 15 is 0 Å². The summed E-state index contributed by atoms with van der Waals surface area (Å²) in [6, 6.07) is 5.84. The molecule has 1 aromatic rings. The number of nitrogens with one attached hydrogen (secondary N) is 1. The molecular weight excluding hydrogens is 234 g/mol. The van der Waals surface area contributed by atoms with E-state index in [-0.39, 0.29) is 5.75 Å². The lowest BCUT2D eigenvalue weighted by Crippen LogP contribution is -2.33. The van der Waals surface area contributed by atoms with Gasteiger partial charge in [0.1, 0.15) is 5.75 Å². The zero-order valence-corrected chi connectivity index (χ0v) is 11.0. The summed E-state index contributed by atoms with van der Waals surface area (Å²) in [4.78, 5) is 0. The number of rotatable bonds is 3. The van der Waals surface area contributed by atoms with E-state index in [0.29, 0.717) is 17.6 Å². The van der Waals surface area contributed by atoms with E-state index in [2.05, 4.69) is 12.2 Å². The second-order valence-corrected chi connectivity index (χ2v) is 5.49. The van der Waals surface area contributed by atoms with Crippen LogP contribution >= 0.6 is 11.6 Å². The highest BCUT2D eigenvalue weighted by Gasteiger charge is 2.18. The molecule has 1 aromatic carbocycles. The van der Waals surface area contributed by atoms with E-state index in [4.69, 9.17) is 11.6 Å². The Morgan fingerprint density at radius 3 is 2.94 bits per heavy atom. The van der Waals surface area contributed by atoms with Crippen molar-refractivity contribution in [1.29, 1.82) is 0 Å². The molecule has 2 rings (SSSR count). The zero-order valence-electron chi connectivity index (χ0n) is 10.2. The molecule has 0 heterocycles. The minimum Gasteiger partial charge on any atom is -0.508 e. The molecule has 2 atom stereocenters. The van der Waals surface area contributed by atoms with Crippen molar-refractivity contribution in [2.24, 2.45) is 5.92 Å². The molecule has 1 saturated carbocycles. The van der Waals surface area contributed by atoms with Gasteiger partial charge in [0, 0.05) is 23.2 Å². The maximum atomic E-state index is 9.75. The summed E-state index contributed by atoms with van der Waals surface area (Å²) in [7, 11) is 0. The zero-order chi connectivity index (χ0) is 12.3. The van der Waals surface area contributed by atoms with E-state index in [9.17, 15) is 5.11 Å². The number of aromatic hydroxyl groups is 1. The van der Waals surface area contributed by atoms with E-state index in [1.54, 1.807) is 12.1 Å². The number of hydrogen-bond donors (Lipinski definition) is 2. The second-order valence-electron chi connectivity index (χ2n) is 5.09. The van der Waals surface area contributed by atoms with Crippen LogP contribution in [0, 0.1) is 5.92 Å². The molecule has 0 aliphatic heterocycles. The lowest BCUT2D eigenvalue weighted by molar-refractivity contribution is 0.299. The molecule has 2 nitrogen and oxygen atoms in total. The molecule has 17 heavy (non-hydrogen) atoms. The fourth-order valence-electron chi connectivity index (χ4n) is 2.59. The van der Waals surface area contributed by atoms with Crippen LogP contribution in [0.25, 0.3) is 0 Å². The first kappa shape index (κ1) is 12.7. The van der Waals surface area contributed by atoms with Gasteiger partial charge in [0.15, 0.2) is 0 Å². The summed E-state index contributed by atoms with van der Waals surface area (Å²) in [5.41, 5.74) is 0.812. The van der Waals surface area contributed by atoms with Gasteiger partial charge >= 0.3 is 0 Å². The highest BCUT2D eigenvalue weighted by atomic mass is 35.5. The summed E-state index contributed by atoms with van der Waals surface area (Å²) < 4.78 is 0. The fraction of sp³-hybridized carbons (Fsp3) is 0.571.